The minimum atomic E-state index is -0.830. The van der Waals surface area contributed by atoms with Gasteiger partial charge in [0.2, 0.25) is 0 Å². The monoisotopic (exact) mass is 499 g/mol. The van der Waals surface area contributed by atoms with Gasteiger partial charge >= 0.3 is 0 Å². The number of aliphatic hydroxyl groups is 1. The lowest BCUT2D eigenvalue weighted by molar-refractivity contribution is -0.384. The van der Waals surface area contributed by atoms with E-state index in [4.69, 9.17) is 11.6 Å². The first-order chi connectivity index (χ1) is 17.4. The van der Waals surface area contributed by atoms with Crippen molar-refractivity contribution in [3.63, 3.8) is 0 Å². The van der Waals surface area contributed by atoms with Crippen LogP contribution in [0.2, 0.25) is 5.02 Å². The van der Waals surface area contributed by atoms with E-state index in [1.807, 2.05) is 6.07 Å². The summed E-state index contributed by atoms with van der Waals surface area (Å²) in [5.41, 5.74) is 2.81. The predicted molar refractivity (Wildman–Crippen MR) is 139 cm³/mol. The van der Waals surface area contributed by atoms with E-state index < -0.39 is 10.8 Å². The standard InChI is InChI=1S/C28H22ClN3O4/c29-19-12-14-20(15-13-19)31-22-10-5-11-23(33)25(22)24(18-8-4-9-21(16-18)32(35)36)26(28(31)30)27(34)17-6-2-1-3-7-17/h1-4,6-9,12-16,24,30,34H,5,10-11H2/t24-/m1/s1. The van der Waals surface area contributed by atoms with Crippen molar-refractivity contribution in [2.24, 2.45) is 0 Å². The molecule has 0 saturated carbocycles. The molecule has 0 aromatic heterocycles. The second-order valence-corrected chi connectivity index (χ2v) is 9.15. The molecule has 1 atom stereocenters. The van der Waals surface area contributed by atoms with Crippen LogP contribution < -0.4 is 4.90 Å². The summed E-state index contributed by atoms with van der Waals surface area (Å²) in [6, 6.07) is 21.8. The third-order valence-electron chi connectivity index (χ3n) is 6.56. The van der Waals surface area contributed by atoms with E-state index in [9.17, 15) is 25.4 Å². The summed E-state index contributed by atoms with van der Waals surface area (Å²) in [7, 11) is 0. The van der Waals surface area contributed by atoms with Crippen LogP contribution >= 0.6 is 11.6 Å². The number of halogens is 1. The maximum absolute atomic E-state index is 13.5. The first-order valence-corrected chi connectivity index (χ1v) is 11.9. The number of hydrogen-bond donors (Lipinski definition) is 2. The molecule has 0 fully saturated rings. The van der Waals surface area contributed by atoms with Crippen molar-refractivity contribution in [1.29, 1.82) is 5.41 Å². The maximum Gasteiger partial charge on any atom is 0.269 e. The number of nitro groups is 1. The number of hydrogen-bond acceptors (Lipinski definition) is 5. The molecule has 0 radical (unpaired) electrons. The van der Waals surface area contributed by atoms with E-state index in [2.05, 4.69) is 0 Å². The van der Waals surface area contributed by atoms with Crippen molar-refractivity contribution in [2.75, 3.05) is 4.90 Å². The lowest BCUT2D eigenvalue weighted by Crippen LogP contribution is -2.42. The number of nitrogens with one attached hydrogen (secondary N) is 1. The van der Waals surface area contributed by atoms with Crippen molar-refractivity contribution < 1.29 is 14.8 Å². The summed E-state index contributed by atoms with van der Waals surface area (Å²) in [5.74, 6) is -1.08. The molecule has 2 aliphatic rings. The Morgan fingerprint density at radius 1 is 1.03 bits per heavy atom. The first kappa shape index (κ1) is 23.5. The molecule has 3 aromatic carbocycles. The molecular formula is C28H22ClN3O4. The molecule has 1 heterocycles. The van der Waals surface area contributed by atoms with Gasteiger partial charge in [-0.15, -0.1) is 0 Å². The summed E-state index contributed by atoms with van der Waals surface area (Å²) in [6.07, 6.45) is 1.50. The van der Waals surface area contributed by atoms with Gasteiger partial charge in [-0.3, -0.25) is 25.2 Å². The number of non-ortho nitro benzene ring substituents is 1. The number of aliphatic hydroxyl groups excluding tert-OH is 1. The van der Waals surface area contributed by atoms with Gasteiger partial charge in [0.1, 0.15) is 11.6 Å². The van der Waals surface area contributed by atoms with Crippen molar-refractivity contribution in [1.82, 2.24) is 0 Å². The Bertz CT molecular complexity index is 1450. The van der Waals surface area contributed by atoms with Crippen LogP contribution in [0.15, 0.2) is 95.7 Å². The summed E-state index contributed by atoms with van der Waals surface area (Å²) in [4.78, 5) is 26.2. The largest absolute Gasteiger partial charge is 0.507 e. The number of carbonyl (C=O) groups excluding carboxylic acids is 1. The fraction of sp³-hybridized carbons (Fsp3) is 0.143. The number of benzene rings is 3. The number of nitrogens with zero attached hydrogens (tertiary/aromatic N) is 2. The maximum atomic E-state index is 13.5. The molecule has 5 rings (SSSR count). The highest BCUT2D eigenvalue weighted by atomic mass is 35.5. The molecule has 0 bridgehead atoms. The third kappa shape index (κ3) is 4.07. The number of carbonyl (C=O) groups is 1. The van der Waals surface area contributed by atoms with E-state index in [-0.39, 0.29) is 28.6 Å². The van der Waals surface area contributed by atoms with Crippen molar-refractivity contribution in [3.8, 4) is 0 Å². The highest BCUT2D eigenvalue weighted by molar-refractivity contribution is 6.30. The zero-order valence-electron chi connectivity index (χ0n) is 19.1. The predicted octanol–water partition coefficient (Wildman–Crippen LogP) is 6.81. The van der Waals surface area contributed by atoms with Crippen LogP contribution in [0, 0.1) is 15.5 Å². The molecule has 0 saturated heterocycles. The number of ketones is 1. The van der Waals surface area contributed by atoms with Gasteiger partial charge in [-0.1, -0.05) is 54.1 Å². The molecule has 3 aromatic rings. The summed E-state index contributed by atoms with van der Waals surface area (Å²) < 4.78 is 0. The molecule has 0 unspecified atom stereocenters. The van der Waals surface area contributed by atoms with Crippen LogP contribution in [-0.2, 0) is 4.79 Å². The van der Waals surface area contributed by atoms with Crippen LogP contribution in [0.25, 0.3) is 5.76 Å². The zero-order chi connectivity index (χ0) is 25.4. The van der Waals surface area contributed by atoms with Gasteiger partial charge in [-0.05, 0) is 42.7 Å². The summed E-state index contributed by atoms with van der Waals surface area (Å²) in [5, 5.41) is 32.9. The lowest BCUT2D eigenvalue weighted by atomic mass is 9.73. The third-order valence-corrected chi connectivity index (χ3v) is 6.81. The molecule has 1 aliphatic heterocycles. The van der Waals surface area contributed by atoms with Crippen LogP contribution in [-0.4, -0.2) is 21.6 Å². The van der Waals surface area contributed by atoms with E-state index in [0.717, 1.165) is 0 Å². The second kappa shape index (κ2) is 9.43. The van der Waals surface area contributed by atoms with E-state index in [1.165, 1.54) is 12.1 Å². The average molecular weight is 500 g/mol. The van der Waals surface area contributed by atoms with Crippen molar-refractivity contribution >= 4 is 40.4 Å². The normalized spacial score (nSPS) is 19.2. The highest BCUT2D eigenvalue weighted by Gasteiger charge is 2.43. The fourth-order valence-electron chi connectivity index (χ4n) is 4.97. The van der Waals surface area contributed by atoms with Crippen LogP contribution in [0.3, 0.4) is 0 Å². The van der Waals surface area contributed by atoms with Gasteiger partial charge in [0.05, 0.1) is 4.92 Å². The summed E-state index contributed by atoms with van der Waals surface area (Å²) in [6.45, 7) is 0. The number of Topliss-reactive ketones (excluding diaryl/α,β-unsaturated/α-hetero) is 1. The Balaban J connectivity index is 1.83. The Kier molecular flexibility index (Phi) is 6.16. The quantitative estimate of drug-likeness (QED) is 0.233. The van der Waals surface area contributed by atoms with Gasteiger partial charge in [0.15, 0.2) is 5.78 Å². The molecule has 0 amide bonds. The Hall–Kier alpha value is -4.23. The second-order valence-electron chi connectivity index (χ2n) is 8.71. The van der Waals surface area contributed by atoms with Crippen LogP contribution in [0.4, 0.5) is 11.4 Å². The highest BCUT2D eigenvalue weighted by Crippen LogP contribution is 2.48. The molecule has 8 heteroatoms. The van der Waals surface area contributed by atoms with Gasteiger partial charge in [0, 0.05) is 57.6 Å². The number of allylic oxidation sites excluding steroid dienone is 2. The smallest absolute Gasteiger partial charge is 0.269 e. The zero-order valence-corrected chi connectivity index (χ0v) is 19.9. The Morgan fingerprint density at radius 3 is 2.44 bits per heavy atom. The molecule has 36 heavy (non-hydrogen) atoms. The minimum Gasteiger partial charge on any atom is -0.507 e. The number of nitro benzene ring substituents is 1. The molecule has 1 aliphatic carbocycles. The van der Waals surface area contributed by atoms with E-state index in [1.54, 1.807) is 65.6 Å². The fourth-order valence-corrected chi connectivity index (χ4v) is 5.10. The molecule has 2 N–H and O–H groups in total. The molecule has 0 spiro atoms. The summed E-state index contributed by atoms with van der Waals surface area (Å²) >= 11 is 6.11. The molecule has 7 nitrogen and oxygen atoms in total. The topological polar surface area (TPSA) is 108 Å². The molecular weight excluding hydrogens is 478 g/mol. The van der Waals surface area contributed by atoms with Crippen molar-refractivity contribution in [3.05, 3.63) is 122 Å². The SMILES string of the molecule is N=C1C(=C(O)c2ccccc2)[C@H](c2cccc([N+](=O)[O-])c2)C2=C(CCCC2=O)N1c1ccc(Cl)cc1. The molecule has 180 valence electrons. The minimum absolute atomic E-state index is 0.00336. The van der Waals surface area contributed by atoms with Crippen LogP contribution in [0.1, 0.15) is 36.3 Å². The van der Waals surface area contributed by atoms with Gasteiger partial charge in [-0.2, -0.15) is 0 Å². The van der Waals surface area contributed by atoms with Gasteiger partial charge in [-0.25, -0.2) is 0 Å². The number of rotatable bonds is 4. The average Bonchev–Trinajstić information content (AvgIpc) is 2.89. The van der Waals surface area contributed by atoms with Gasteiger partial charge < -0.3 is 5.11 Å². The number of anilines is 1. The van der Waals surface area contributed by atoms with Gasteiger partial charge in [0.25, 0.3) is 5.69 Å². The first-order valence-electron chi connectivity index (χ1n) is 11.5. The number of amidine groups is 1. The lowest BCUT2D eigenvalue weighted by Gasteiger charge is -2.41. The van der Waals surface area contributed by atoms with Crippen LogP contribution in [0.5, 0.6) is 0 Å². The Labute approximate surface area is 212 Å². The van der Waals surface area contributed by atoms with E-state index in [0.29, 0.717) is 52.4 Å². The van der Waals surface area contributed by atoms with E-state index >= 15 is 0 Å². The Morgan fingerprint density at radius 2 is 1.75 bits per heavy atom. The van der Waals surface area contributed by atoms with Crippen molar-refractivity contribution in [2.45, 2.75) is 25.2 Å².